The van der Waals surface area contributed by atoms with Crippen LogP contribution in [0.3, 0.4) is 0 Å². The number of rotatable bonds is 9. The zero-order valence-corrected chi connectivity index (χ0v) is 15.8. The summed E-state index contributed by atoms with van der Waals surface area (Å²) in [5, 5.41) is 2.61. The third-order valence-corrected chi connectivity index (χ3v) is 5.15. The highest BCUT2D eigenvalue weighted by atomic mass is 16.5. The molecule has 0 aliphatic carbocycles. The predicted molar refractivity (Wildman–Crippen MR) is 106 cm³/mol. The summed E-state index contributed by atoms with van der Waals surface area (Å²) in [5.74, 6) is -0.0973. The van der Waals surface area contributed by atoms with Gasteiger partial charge in [0.2, 0.25) is 0 Å². The molecule has 3 rings (SSSR count). The molecule has 0 saturated heterocycles. The molecule has 0 atom stereocenters. The van der Waals surface area contributed by atoms with Crippen molar-refractivity contribution < 1.29 is 9.53 Å². The van der Waals surface area contributed by atoms with Crippen LogP contribution in [0.15, 0.2) is 36.5 Å². The van der Waals surface area contributed by atoms with Gasteiger partial charge in [-0.05, 0) is 31.4 Å². The topological polar surface area (TPSA) is 44.1 Å². The lowest BCUT2D eigenvalue weighted by Gasteiger charge is -2.03. The fourth-order valence-corrected chi connectivity index (χ4v) is 3.62. The molecule has 0 unspecified atom stereocenters. The summed E-state index contributed by atoms with van der Waals surface area (Å²) in [4.78, 5) is 15.7. The van der Waals surface area contributed by atoms with E-state index in [9.17, 15) is 4.79 Å². The van der Waals surface area contributed by atoms with Gasteiger partial charge in [-0.2, -0.15) is 0 Å². The molecular weight excluding hydrogens is 324 g/mol. The Morgan fingerprint density at radius 1 is 1.00 bits per heavy atom. The lowest BCUT2D eigenvalue weighted by molar-refractivity contribution is -0.140. The number of hydrogen-bond donors (Lipinski definition) is 0. The van der Waals surface area contributed by atoms with E-state index in [-0.39, 0.29) is 5.97 Å². The van der Waals surface area contributed by atoms with Crippen molar-refractivity contribution in [3.63, 3.8) is 0 Å². The molecule has 0 N–H and O–H groups in total. The maximum Gasteiger partial charge on any atom is 0.305 e. The van der Waals surface area contributed by atoms with Gasteiger partial charge in [-0.1, -0.05) is 43.9 Å². The zero-order valence-electron chi connectivity index (χ0n) is 15.8. The lowest BCUT2D eigenvalue weighted by Crippen LogP contribution is -1.99. The van der Waals surface area contributed by atoms with Crippen LogP contribution in [0, 0.1) is 0 Å². The molecule has 0 aliphatic heterocycles. The Morgan fingerprint density at radius 2 is 1.73 bits per heavy atom. The van der Waals surface area contributed by atoms with Gasteiger partial charge in [-0.25, -0.2) is 0 Å². The van der Waals surface area contributed by atoms with Crippen LogP contribution in [0.25, 0.3) is 21.8 Å². The van der Waals surface area contributed by atoms with Gasteiger partial charge >= 0.3 is 5.97 Å². The quantitative estimate of drug-likeness (QED) is 0.394. The van der Waals surface area contributed by atoms with E-state index in [0.29, 0.717) is 6.42 Å². The second-order valence-corrected chi connectivity index (χ2v) is 6.97. The molecule has 0 radical (unpaired) electrons. The van der Waals surface area contributed by atoms with Gasteiger partial charge < -0.3 is 9.30 Å². The Balaban J connectivity index is 1.48. The Kier molecular flexibility index (Phi) is 6.26. The van der Waals surface area contributed by atoms with E-state index in [2.05, 4.69) is 51.7 Å². The van der Waals surface area contributed by atoms with E-state index in [0.717, 1.165) is 19.3 Å². The third-order valence-electron chi connectivity index (χ3n) is 5.15. The molecule has 4 nitrogen and oxygen atoms in total. The number of esters is 1. The van der Waals surface area contributed by atoms with Crippen LogP contribution >= 0.6 is 0 Å². The van der Waals surface area contributed by atoms with E-state index < -0.39 is 0 Å². The van der Waals surface area contributed by atoms with Gasteiger partial charge in [0, 0.05) is 35.5 Å². The average Bonchev–Trinajstić information content (AvgIpc) is 2.96. The van der Waals surface area contributed by atoms with Crippen molar-refractivity contribution in [2.45, 2.75) is 51.4 Å². The van der Waals surface area contributed by atoms with Crippen molar-refractivity contribution in [1.29, 1.82) is 0 Å². The van der Waals surface area contributed by atoms with Crippen molar-refractivity contribution in [3.8, 4) is 0 Å². The van der Waals surface area contributed by atoms with Gasteiger partial charge in [-0.15, -0.1) is 0 Å². The number of nitrogens with zero attached hydrogens (tertiary/aromatic N) is 2. The molecule has 0 saturated carbocycles. The molecule has 3 aromatic rings. The van der Waals surface area contributed by atoms with E-state index >= 15 is 0 Å². The standard InChI is InChI=1S/C22H28N2O2/c1-24-20-13-10-9-12-18(20)19-15-17(23-16-21(19)24)11-7-5-3-4-6-8-14-22(25)26-2/h9-10,12-13,15-16H,3-8,11,14H2,1-2H3. The van der Waals surface area contributed by atoms with Crippen molar-refractivity contribution in [2.24, 2.45) is 7.05 Å². The molecule has 138 valence electrons. The average molecular weight is 352 g/mol. The van der Waals surface area contributed by atoms with E-state index in [4.69, 9.17) is 0 Å². The second kappa shape index (κ2) is 8.84. The number of carbonyl (C=O) groups excluding carboxylic acids is 1. The first-order valence-electron chi connectivity index (χ1n) is 9.59. The van der Waals surface area contributed by atoms with E-state index in [1.165, 1.54) is 60.3 Å². The monoisotopic (exact) mass is 352 g/mol. The number of para-hydroxylation sites is 1. The highest BCUT2D eigenvalue weighted by Crippen LogP contribution is 2.28. The Bertz CT molecular complexity index is 882. The third kappa shape index (κ3) is 4.24. The maximum atomic E-state index is 11.0. The number of hydrogen-bond acceptors (Lipinski definition) is 3. The summed E-state index contributed by atoms with van der Waals surface area (Å²) in [5.41, 5.74) is 3.63. The molecule has 0 aliphatic rings. The fourth-order valence-electron chi connectivity index (χ4n) is 3.62. The molecule has 2 heterocycles. The van der Waals surface area contributed by atoms with Gasteiger partial charge in [0.15, 0.2) is 0 Å². The first-order valence-corrected chi connectivity index (χ1v) is 9.59. The van der Waals surface area contributed by atoms with Crippen LogP contribution in [0.5, 0.6) is 0 Å². The molecule has 2 aromatic heterocycles. The minimum absolute atomic E-state index is 0.0973. The van der Waals surface area contributed by atoms with Crippen LogP contribution in [0.2, 0.25) is 0 Å². The van der Waals surface area contributed by atoms with E-state index in [1.54, 1.807) is 0 Å². The summed E-state index contributed by atoms with van der Waals surface area (Å²) in [6.45, 7) is 0. The molecular formula is C22H28N2O2. The number of unbranched alkanes of at least 4 members (excludes halogenated alkanes) is 5. The number of aromatic nitrogens is 2. The van der Waals surface area contributed by atoms with Crippen molar-refractivity contribution in [3.05, 3.63) is 42.2 Å². The number of aryl methyl sites for hydroxylation is 2. The summed E-state index contributed by atoms with van der Waals surface area (Å²) < 4.78 is 6.87. The number of pyridine rings is 1. The predicted octanol–water partition coefficient (Wildman–Crippen LogP) is 5.17. The minimum atomic E-state index is -0.0973. The van der Waals surface area contributed by atoms with Gasteiger partial charge in [0.1, 0.15) is 0 Å². The maximum absolute atomic E-state index is 11.0. The van der Waals surface area contributed by atoms with Gasteiger partial charge in [0.05, 0.1) is 18.8 Å². The van der Waals surface area contributed by atoms with Crippen LogP contribution in [-0.4, -0.2) is 22.6 Å². The molecule has 0 bridgehead atoms. The van der Waals surface area contributed by atoms with Crippen LogP contribution in [0.4, 0.5) is 0 Å². The first-order chi connectivity index (χ1) is 12.7. The number of methoxy groups -OCH3 is 1. The minimum Gasteiger partial charge on any atom is -0.469 e. The SMILES string of the molecule is COC(=O)CCCCCCCCc1cc2c3ccccc3n(C)c2cn1. The Hall–Kier alpha value is -2.36. The summed E-state index contributed by atoms with van der Waals surface area (Å²) in [7, 11) is 3.55. The number of benzene rings is 1. The molecule has 1 aromatic carbocycles. The van der Waals surface area contributed by atoms with Gasteiger partial charge in [0.25, 0.3) is 0 Å². The molecule has 26 heavy (non-hydrogen) atoms. The number of ether oxygens (including phenoxy) is 1. The van der Waals surface area contributed by atoms with Crippen molar-refractivity contribution in [2.75, 3.05) is 7.11 Å². The largest absolute Gasteiger partial charge is 0.469 e. The molecule has 0 amide bonds. The second-order valence-electron chi connectivity index (χ2n) is 6.97. The van der Waals surface area contributed by atoms with Crippen LogP contribution < -0.4 is 0 Å². The van der Waals surface area contributed by atoms with Crippen molar-refractivity contribution in [1.82, 2.24) is 9.55 Å². The van der Waals surface area contributed by atoms with Crippen molar-refractivity contribution >= 4 is 27.8 Å². The zero-order chi connectivity index (χ0) is 18.4. The lowest BCUT2D eigenvalue weighted by atomic mass is 10.1. The first kappa shape index (κ1) is 18.4. The van der Waals surface area contributed by atoms with Crippen LogP contribution in [-0.2, 0) is 23.0 Å². The highest BCUT2D eigenvalue weighted by molar-refractivity contribution is 6.07. The molecule has 0 fully saturated rings. The summed E-state index contributed by atoms with van der Waals surface area (Å²) in [6, 6.07) is 10.8. The van der Waals surface area contributed by atoms with E-state index in [1.807, 2.05) is 6.20 Å². The number of fused-ring (bicyclic) bond motifs is 3. The Labute approximate surface area is 155 Å². The van der Waals surface area contributed by atoms with Crippen LogP contribution in [0.1, 0.15) is 50.6 Å². The molecule has 0 spiro atoms. The summed E-state index contributed by atoms with van der Waals surface area (Å²) >= 11 is 0. The summed E-state index contributed by atoms with van der Waals surface area (Å²) in [6.07, 6.45) is 10.4. The smallest absolute Gasteiger partial charge is 0.305 e. The highest BCUT2D eigenvalue weighted by Gasteiger charge is 2.08. The molecule has 4 heteroatoms. The van der Waals surface area contributed by atoms with Gasteiger partial charge in [-0.3, -0.25) is 9.78 Å². The normalized spacial score (nSPS) is 11.3. The fraction of sp³-hybridized carbons (Fsp3) is 0.455. The number of carbonyl (C=O) groups is 1. The Morgan fingerprint density at radius 3 is 2.54 bits per heavy atom.